The van der Waals surface area contributed by atoms with Gasteiger partial charge in [-0.15, -0.1) is 0 Å². The van der Waals surface area contributed by atoms with Crippen LogP contribution in [0.15, 0.2) is 46.8 Å². The van der Waals surface area contributed by atoms with Gasteiger partial charge in [-0.2, -0.15) is 0 Å². The molecule has 0 radical (unpaired) electrons. The van der Waals surface area contributed by atoms with Crippen molar-refractivity contribution in [1.82, 2.24) is 19.9 Å². The lowest BCUT2D eigenvalue weighted by atomic mass is 10.3. The number of hydrogen-bond donors (Lipinski definition) is 2. The Balaban J connectivity index is 1.92. The molecule has 0 aliphatic carbocycles. The molecular formula is C11H9N5S. The monoisotopic (exact) mass is 243 g/mol. The second-order valence-electron chi connectivity index (χ2n) is 3.44. The first kappa shape index (κ1) is 10.1. The zero-order valence-electron chi connectivity index (χ0n) is 8.79. The molecule has 84 valence electrons. The van der Waals surface area contributed by atoms with Crippen molar-refractivity contribution in [2.24, 2.45) is 0 Å². The van der Waals surface area contributed by atoms with Crippen LogP contribution in [0.5, 0.6) is 0 Å². The summed E-state index contributed by atoms with van der Waals surface area (Å²) in [6.45, 7) is 0. The number of rotatable bonds is 2. The van der Waals surface area contributed by atoms with Crippen LogP contribution in [0.2, 0.25) is 0 Å². The summed E-state index contributed by atoms with van der Waals surface area (Å²) >= 11 is 1.43. The van der Waals surface area contributed by atoms with Crippen LogP contribution in [0.1, 0.15) is 0 Å². The number of hydrogen-bond acceptors (Lipinski definition) is 5. The van der Waals surface area contributed by atoms with Crippen molar-refractivity contribution in [1.29, 1.82) is 0 Å². The van der Waals surface area contributed by atoms with E-state index in [1.54, 1.807) is 6.20 Å². The van der Waals surface area contributed by atoms with Crippen molar-refractivity contribution in [3.05, 3.63) is 36.7 Å². The van der Waals surface area contributed by atoms with E-state index in [2.05, 4.69) is 19.9 Å². The average molecular weight is 243 g/mol. The summed E-state index contributed by atoms with van der Waals surface area (Å²) in [4.78, 5) is 15.8. The molecule has 0 saturated heterocycles. The normalized spacial score (nSPS) is 10.8. The van der Waals surface area contributed by atoms with Gasteiger partial charge >= 0.3 is 0 Å². The second kappa shape index (κ2) is 4.06. The third-order valence-electron chi connectivity index (χ3n) is 2.22. The van der Waals surface area contributed by atoms with Gasteiger partial charge in [0.1, 0.15) is 10.8 Å². The summed E-state index contributed by atoms with van der Waals surface area (Å²) in [5, 5.41) is 1.56. The van der Waals surface area contributed by atoms with Crippen LogP contribution >= 0.6 is 11.8 Å². The van der Waals surface area contributed by atoms with Gasteiger partial charge in [0.25, 0.3) is 0 Å². The number of nitrogens with two attached hydrogens (primary N) is 1. The number of nitrogens with zero attached hydrogens (tertiary/aromatic N) is 3. The second-order valence-corrected chi connectivity index (χ2v) is 4.45. The van der Waals surface area contributed by atoms with Gasteiger partial charge < -0.3 is 10.7 Å². The fourth-order valence-electron chi connectivity index (χ4n) is 1.46. The van der Waals surface area contributed by atoms with Crippen molar-refractivity contribution in [3.63, 3.8) is 0 Å². The van der Waals surface area contributed by atoms with Crippen molar-refractivity contribution in [3.8, 4) is 0 Å². The summed E-state index contributed by atoms with van der Waals surface area (Å²) < 4.78 is 0. The van der Waals surface area contributed by atoms with Crippen LogP contribution < -0.4 is 5.73 Å². The minimum atomic E-state index is 0.416. The molecule has 5 nitrogen and oxygen atoms in total. The van der Waals surface area contributed by atoms with Crippen molar-refractivity contribution >= 4 is 28.6 Å². The molecule has 2 heterocycles. The number of nitrogen functional groups attached to an aromatic ring is 1. The van der Waals surface area contributed by atoms with Gasteiger partial charge in [-0.1, -0.05) is 12.1 Å². The van der Waals surface area contributed by atoms with Crippen LogP contribution in [0.3, 0.4) is 0 Å². The van der Waals surface area contributed by atoms with E-state index in [1.807, 2.05) is 24.3 Å². The number of H-pyrrole nitrogens is 1. The SMILES string of the molecule is Nc1cnc(Sc2nc3ccccc3[nH]2)cn1. The Hall–Kier alpha value is -2.08. The minimum Gasteiger partial charge on any atom is -0.382 e. The van der Waals surface area contributed by atoms with Gasteiger partial charge in [-0.3, -0.25) is 0 Å². The van der Waals surface area contributed by atoms with E-state index < -0.39 is 0 Å². The van der Waals surface area contributed by atoms with Crippen molar-refractivity contribution in [2.75, 3.05) is 5.73 Å². The largest absolute Gasteiger partial charge is 0.382 e. The molecule has 0 spiro atoms. The molecule has 2 aromatic heterocycles. The molecule has 0 amide bonds. The number of aromatic amines is 1. The van der Waals surface area contributed by atoms with Crippen molar-refractivity contribution in [2.45, 2.75) is 10.2 Å². The standard InChI is InChI=1S/C11H9N5S/c12-9-5-14-10(6-13-9)17-11-15-7-3-1-2-4-8(7)16-11/h1-6H,(H2,12,13)(H,15,16). The predicted octanol–water partition coefficient (Wildman–Crippen LogP) is 2.09. The quantitative estimate of drug-likeness (QED) is 0.720. The smallest absolute Gasteiger partial charge is 0.172 e. The third-order valence-corrected chi connectivity index (χ3v) is 3.02. The number of anilines is 1. The van der Waals surface area contributed by atoms with Crippen LogP contribution in [-0.2, 0) is 0 Å². The Morgan fingerprint density at radius 2 is 2.00 bits per heavy atom. The fourth-order valence-corrected chi connectivity index (χ4v) is 2.17. The number of para-hydroxylation sites is 2. The molecule has 1 aromatic carbocycles. The highest BCUT2D eigenvalue weighted by Crippen LogP contribution is 2.24. The van der Waals surface area contributed by atoms with E-state index in [-0.39, 0.29) is 0 Å². The van der Waals surface area contributed by atoms with Gasteiger partial charge in [0.15, 0.2) is 5.16 Å². The Morgan fingerprint density at radius 3 is 2.76 bits per heavy atom. The van der Waals surface area contributed by atoms with Crippen molar-refractivity contribution < 1.29 is 0 Å². The number of benzene rings is 1. The lowest BCUT2D eigenvalue weighted by Crippen LogP contribution is -1.91. The average Bonchev–Trinajstić information content (AvgIpc) is 2.74. The molecule has 0 fully saturated rings. The molecule has 3 rings (SSSR count). The highest BCUT2D eigenvalue weighted by Gasteiger charge is 2.05. The maximum atomic E-state index is 5.48. The first-order valence-electron chi connectivity index (χ1n) is 5.01. The van der Waals surface area contributed by atoms with Gasteiger partial charge in [-0.25, -0.2) is 15.0 Å². The predicted molar refractivity (Wildman–Crippen MR) is 66.7 cm³/mol. The molecule has 6 heteroatoms. The van der Waals surface area contributed by atoms with E-state index >= 15 is 0 Å². The van der Waals surface area contributed by atoms with Crippen LogP contribution in [0, 0.1) is 0 Å². The van der Waals surface area contributed by atoms with Crippen LogP contribution in [-0.4, -0.2) is 19.9 Å². The van der Waals surface area contributed by atoms with Gasteiger partial charge in [0.05, 0.1) is 23.4 Å². The van der Waals surface area contributed by atoms with E-state index in [9.17, 15) is 0 Å². The zero-order chi connectivity index (χ0) is 11.7. The van der Waals surface area contributed by atoms with E-state index in [0.717, 1.165) is 21.2 Å². The summed E-state index contributed by atoms with van der Waals surface area (Å²) in [5.74, 6) is 0.416. The molecule has 3 aromatic rings. The molecule has 0 atom stereocenters. The third kappa shape index (κ3) is 2.07. The molecule has 0 unspecified atom stereocenters. The van der Waals surface area contributed by atoms with E-state index in [0.29, 0.717) is 5.82 Å². The summed E-state index contributed by atoms with van der Waals surface area (Å²) in [6, 6.07) is 7.88. The van der Waals surface area contributed by atoms with E-state index in [4.69, 9.17) is 5.73 Å². The molecule has 17 heavy (non-hydrogen) atoms. The molecule has 0 aliphatic rings. The maximum absolute atomic E-state index is 5.48. The Labute approximate surface area is 102 Å². The Kier molecular flexibility index (Phi) is 2.41. The van der Waals surface area contributed by atoms with Crippen LogP contribution in [0.4, 0.5) is 5.82 Å². The number of aromatic nitrogens is 4. The van der Waals surface area contributed by atoms with Gasteiger partial charge in [0.2, 0.25) is 0 Å². The first-order chi connectivity index (χ1) is 8.31. The molecule has 0 aliphatic heterocycles. The highest BCUT2D eigenvalue weighted by molar-refractivity contribution is 7.99. The van der Waals surface area contributed by atoms with Gasteiger partial charge in [-0.05, 0) is 23.9 Å². The lowest BCUT2D eigenvalue weighted by Gasteiger charge is -1.96. The maximum Gasteiger partial charge on any atom is 0.172 e. The molecule has 0 saturated carbocycles. The number of fused-ring (bicyclic) bond motifs is 1. The zero-order valence-corrected chi connectivity index (χ0v) is 9.61. The molecule has 3 N–H and O–H groups in total. The summed E-state index contributed by atoms with van der Waals surface area (Å²) in [6.07, 6.45) is 3.16. The highest BCUT2D eigenvalue weighted by atomic mass is 32.2. The van der Waals surface area contributed by atoms with Gasteiger partial charge in [0, 0.05) is 0 Å². The number of nitrogens with one attached hydrogen (secondary N) is 1. The first-order valence-corrected chi connectivity index (χ1v) is 5.83. The fraction of sp³-hybridized carbons (Fsp3) is 0. The lowest BCUT2D eigenvalue weighted by molar-refractivity contribution is 1.03. The van der Waals surface area contributed by atoms with Crippen LogP contribution in [0.25, 0.3) is 11.0 Å². The van der Waals surface area contributed by atoms with E-state index in [1.165, 1.54) is 18.0 Å². The summed E-state index contributed by atoms with van der Waals surface area (Å²) in [7, 11) is 0. The Bertz CT molecular complexity index is 613. The molecular weight excluding hydrogens is 234 g/mol. The minimum absolute atomic E-state index is 0.416. The topological polar surface area (TPSA) is 80.5 Å². The molecule has 0 bridgehead atoms. The summed E-state index contributed by atoms with van der Waals surface area (Å²) in [5.41, 5.74) is 7.43. The number of imidazole rings is 1. The Morgan fingerprint density at radius 1 is 1.12 bits per heavy atom.